The molecule has 1 heterocycles. The largest absolute Gasteiger partial charge is 0.464 e. The van der Waals surface area contributed by atoms with Crippen LogP contribution in [0.25, 0.3) is 11.0 Å². The highest BCUT2D eigenvalue weighted by molar-refractivity contribution is 7.78. The molecule has 0 saturated heterocycles. The Balaban J connectivity index is 0.000000213. The van der Waals surface area contributed by atoms with Gasteiger partial charge in [-0.05, 0) is 24.4 Å². The third kappa shape index (κ3) is 2.02. The van der Waals surface area contributed by atoms with Crippen molar-refractivity contribution < 1.29 is 4.42 Å². The summed E-state index contributed by atoms with van der Waals surface area (Å²) in [5.74, 6) is 0. The molecule has 0 aliphatic heterocycles. The number of hydrogen-bond donors (Lipinski definition) is 1. The minimum atomic E-state index is 0.956. The van der Waals surface area contributed by atoms with Crippen LogP contribution in [0.5, 0.6) is 0 Å². The van der Waals surface area contributed by atoms with Gasteiger partial charge in [-0.25, -0.2) is 5.41 Å². The van der Waals surface area contributed by atoms with E-state index in [0.717, 1.165) is 11.0 Å². The fourth-order valence-electron chi connectivity index (χ4n) is 0.906. The van der Waals surface area contributed by atoms with E-state index in [9.17, 15) is 0 Å². The molecule has 3 heteroatoms. The van der Waals surface area contributed by atoms with Crippen molar-refractivity contribution in [2.75, 3.05) is 0 Å². The van der Waals surface area contributed by atoms with Crippen LogP contribution in [0.3, 0.4) is 0 Å². The summed E-state index contributed by atoms with van der Waals surface area (Å²) >= 11 is 3.81. The van der Waals surface area contributed by atoms with Crippen LogP contribution in [-0.4, -0.2) is 5.16 Å². The summed E-state index contributed by atoms with van der Waals surface area (Å²) < 4.78 is 5.12. The van der Waals surface area contributed by atoms with Gasteiger partial charge >= 0.3 is 0 Å². The summed E-state index contributed by atoms with van der Waals surface area (Å²) in [4.78, 5) is 0. The lowest BCUT2D eigenvalue weighted by molar-refractivity contribution is 0.616. The topological polar surface area (TPSA) is 37.0 Å². The smallest absolute Gasteiger partial charge is 0.133 e. The van der Waals surface area contributed by atoms with Crippen molar-refractivity contribution in [2.45, 2.75) is 0 Å². The van der Waals surface area contributed by atoms with E-state index < -0.39 is 0 Å². The Bertz CT molecular complexity index is 358. The van der Waals surface area contributed by atoms with Crippen LogP contribution in [0.4, 0.5) is 0 Å². The molecule has 2 nitrogen and oxygen atoms in total. The maximum absolute atomic E-state index is 5.77. The Kier molecular flexibility index (Phi) is 3.20. The second-order valence-corrected chi connectivity index (χ2v) is 2.26. The highest BCUT2D eigenvalue weighted by atomic mass is 32.1. The van der Waals surface area contributed by atoms with E-state index in [2.05, 4.69) is 12.2 Å². The molecular formula is C9H7NOS. The number of rotatable bonds is 0. The first-order chi connectivity index (χ1) is 5.88. The molecule has 12 heavy (non-hydrogen) atoms. The van der Waals surface area contributed by atoms with Crippen molar-refractivity contribution in [3.63, 3.8) is 0 Å². The van der Waals surface area contributed by atoms with E-state index in [0.29, 0.717) is 0 Å². The van der Waals surface area contributed by atoms with Crippen LogP contribution in [0.2, 0.25) is 0 Å². The second kappa shape index (κ2) is 4.44. The zero-order chi connectivity index (χ0) is 8.81. The molecule has 60 valence electrons. The van der Waals surface area contributed by atoms with E-state index >= 15 is 0 Å². The molecular weight excluding hydrogens is 170 g/mol. The average molecular weight is 177 g/mol. The molecule has 1 N–H and O–H groups in total. The first-order valence-corrected chi connectivity index (χ1v) is 3.75. The number of hydrogen-bond acceptors (Lipinski definition) is 3. The van der Waals surface area contributed by atoms with Gasteiger partial charge in [0.1, 0.15) is 5.58 Å². The van der Waals surface area contributed by atoms with Gasteiger partial charge in [-0.15, -0.1) is 0 Å². The van der Waals surface area contributed by atoms with E-state index in [1.165, 1.54) is 0 Å². The van der Waals surface area contributed by atoms with Gasteiger partial charge in [0.25, 0.3) is 0 Å². The maximum atomic E-state index is 5.77. The normalized spacial score (nSPS) is 8.33. The summed E-state index contributed by atoms with van der Waals surface area (Å²) in [6.07, 6.45) is 1.70. The van der Waals surface area contributed by atoms with Crippen molar-refractivity contribution in [1.82, 2.24) is 0 Å². The van der Waals surface area contributed by atoms with Crippen LogP contribution in [0, 0.1) is 5.41 Å². The predicted octanol–water partition coefficient (Wildman–Crippen LogP) is 3.10. The molecule has 0 aliphatic rings. The number of thiocarbonyl (C=S) groups is 1. The van der Waals surface area contributed by atoms with Gasteiger partial charge in [-0.2, -0.15) is 0 Å². The lowest BCUT2D eigenvalue weighted by Gasteiger charge is -1.81. The SMILES string of the molecule is N=C=S.c1ccc2occc2c1. The van der Waals surface area contributed by atoms with Gasteiger partial charge in [0.2, 0.25) is 0 Å². The molecule has 0 amide bonds. The second-order valence-electron chi connectivity index (χ2n) is 2.06. The summed E-state index contributed by atoms with van der Waals surface area (Å²) in [5, 5.41) is 8.52. The van der Waals surface area contributed by atoms with E-state index in [4.69, 9.17) is 9.83 Å². The van der Waals surface area contributed by atoms with Crippen LogP contribution in [-0.2, 0) is 0 Å². The number of isothiocyanates is 1. The van der Waals surface area contributed by atoms with Crippen LogP contribution in [0.1, 0.15) is 0 Å². The lowest BCUT2D eigenvalue weighted by atomic mass is 10.3. The Morgan fingerprint density at radius 1 is 1.25 bits per heavy atom. The summed E-state index contributed by atoms with van der Waals surface area (Å²) in [5.41, 5.74) is 0.956. The predicted molar refractivity (Wildman–Crippen MR) is 51.5 cm³/mol. The van der Waals surface area contributed by atoms with Crippen molar-refractivity contribution in [3.05, 3.63) is 36.6 Å². The Morgan fingerprint density at radius 3 is 2.58 bits per heavy atom. The number of benzene rings is 1. The van der Waals surface area contributed by atoms with Crippen LogP contribution >= 0.6 is 12.2 Å². The van der Waals surface area contributed by atoms with E-state index in [1.54, 1.807) is 11.4 Å². The fraction of sp³-hybridized carbons (Fsp3) is 0. The molecule has 0 radical (unpaired) electrons. The van der Waals surface area contributed by atoms with Crippen molar-refractivity contribution in [2.24, 2.45) is 0 Å². The molecule has 1 aromatic carbocycles. The standard InChI is InChI=1S/C8H6O.CHNS/c1-2-4-8-7(3-1)5-6-9-8;2-1-3/h1-6H;2H. The number of furan rings is 1. The monoisotopic (exact) mass is 177 g/mol. The Labute approximate surface area is 75.3 Å². The molecule has 0 spiro atoms. The quantitative estimate of drug-likeness (QED) is 0.496. The van der Waals surface area contributed by atoms with Gasteiger partial charge < -0.3 is 4.42 Å². The average Bonchev–Trinajstić information content (AvgIpc) is 2.52. The zero-order valence-corrected chi connectivity index (χ0v) is 7.10. The van der Waals surface area contributed by atoms with Crippen LogP contribution < -0.4 is 0 Å². The van der Waals surface area contributed by atoms with E-state index in [-0.39, 0.29) is 0 Å². The van der Waals surface area contributed by atoms with Crippen molar-refractivity contribution in [1.29, 1.82) is 5.41 Å². The number of nitrogens with one attached hydrogen (secondary N) is 1. The minimum Gasteiger partial charge on any atom is -0.464 e. The minimum absolute atomic E-state index is 0.956. The van der Waals surface area contributed by atoms with Gasteiger partial charge in [0.05, 0.1) is 11.4 Å². The first kappa shape index (κ1) is 8.65. The van der Waals surface area contributed by atoms with E-state index in [1.807, 2.05) is 30.3 Å². The Morgan fingerprint density at radius 2 is 1.92 bits per heavy atom. The molecule has 0 aliphatic carbocycles. The van der Waals surface area contributed by atoms with Crippen molar-refractivity contribution >= 4 is 28.3 Å². The van der Waals surface area contributed by atoms with Crippen LogP contribution in [0.15, 0.2) is 41.0 Å². The number of para-hydroxylation sites is 1. The third-order valence-corrected chi connectivity index (χ3v) is 1.36. The van der Waals surface area contributed by atoms with Gasteiger partial charge in [0, 0.05) is 5.39 Å². The molecule has 0 unspecified atom stereocenters. The fourth-order valence-corrected chi connectivity index (χ4v) is 0.906. The van der Waals surface area contributed by atoms with Gasteiger partial charge in [-0.3, -0.25) is 0 Å². The summed E-state index contributed by atoms with van der Waals surface area (Å²) in [7, 11) is 0. The van der Waals surface area contributed by atoms with Gasteiger partial charge in [-0.1, -0.05) is 18.2 Å². The van der Waals surface area contributed by atoms with Gasteiger partial charge in [0.15, 0.2) is 0 Å². The maximum Gasteiger partial charge on any atom is 0.133 e. The molecule has 0 saturated carbocycles. The Hall–Kier alpha value is -1.44. The van der Waals surface area contributed by atoms with Crippen molar-refractivity contribution in [3.8, 4) is 0 Å². The molecule has 1 aromatic heterocycles. The molecule has 2 rings (SSSR count). The zero-order valence-electron chi connectivity index (χ0n) is 6.28. The third-order valence-electron chi connectivity index (χ3n) is 1.36. The molecule has 0 atom stereocenters. The number of fused-ring (bicyclic) bond motifs is 1. The highest BCUT2D eigenvalue weighted by Crippen LogP contribution is 2.12. The highest BCUT2D eigenvalue weighted by Gasteiger charge is 1.89. The summed E-state index contributed by atoms with van der Waals surface area (Å²) in [6, 6.07) is 9.90. The summed E-state index contributed by atoms with van der Waals surface area (Å²) in [6.45, 7) is 0. The molecule has 2 aromatic rings. The molecule has 0 bridgehead atoms. The first-order valence-electron chi connectivity index (χ1n) is 3.34. The lowest BCUT2D eigenvalue weighted by Crippen LogP contribution is -1.57. The molecule has 0 fully saturated rings.